The standard InChI is InChI=1S/C46H40N2/c1-45(2)37-22-13-14-25-42(37)48-43-28-26-31(30-40(43)46(3,4)39-24-15-23-38(45)44(39)48)34-27-29-41(36-21-12-11-20-35(34)36)47(32-16-7-5-8-17-32)33-18-9-6-10-19-33/h5-29,31H,30H2,1-4H3. The van der Waals surface area contributed by atoms with Crippen LogP contribution in [0.25, 0.3) is 10.8 Å². The molecule has 0 saturated carbocycles. The van der Waals surface area contributed by atoms with E-state index in [1.165, 1.54) is 61.4 Å². The van der Waals surface area contributed by atoms with Crippen LogP contribution in [0.15, 0.2) is 163 Å². The molecule has 234 valence electrons. The zero-order valence-corrected chi connectivity index (χ0v) is 28.1. The van der Waals surface area contributed by atoms with Crippen molar-refractivity contribution in [3.8, 4) is 0 Å². The molecule has 0 radical (unpaired) electrons. The molecule has 9 rings (SSSR count). The van der Waals surface area contributed by atoms with Gasteiger partial charge in [0, 0.05) is 39.2 Å². The van der Waals surface area contributed by atoms with Gasteiger partial charge in [-0.15, -0.1) is 0 Å². The van der Waals surface area contributed by atoms with Crippen molar-refractivity contribution in [2.24, 2.45) is 0 Å². The van der Waals surface area contributed by atoms with E-state index in [1.807, 2.05) is 0 Å². The Kier molecular flexibility index (Phi) is 6.36. The SMILES string of the molecule is CC1(C)C2=C(C=CC(c3ccc(N(c4ccccc4)c4ccccc4)c4ccccc34)C2)N2c3ccccc3C(C)(C)c3cccc1c32. The van der Waals surface area contributed by atoms with Crippen LogP contribution in [0.2, 0.25) is 0 Å². The van der Waals surface area contributed by atoms with Crippen LogP contribution < -0.4 is 9.80 Å². The molecule has 0 amide bonds. The van der Waals surface area contributed by atoms with Gasteiger partial charge in [0.15, 0.2) is 0 Å². The van der Waals surface area contributed by atoms with Gasteiger partial charge in [-0.3, -0.25) is 0 Å². The molecule has 0 fully saturated rings. The Morgan fingerprint density at radius 2 is 1.15 bits per heavy atom. The van der Waals surface area contributed by atoms with E-state index in [-0.39, 0.29) is 16.7 Å². The maximum Gasteiger partial charge on any atom is 0.0543 e. The quantitative estimate of drug-likeness (QED) is 0.193. The minimum Gasteiger partial charge on any atom is -0.310 e. The molecule has 1 aliphatic carbocycles. The molecule has 2 aliphatic heterocycles. The maximum absolute atomic E-state index is 2.58. The van der Waals surface area contributed by atoms with Gasteiger partial charge < -0.3 is 9.80 Å². The molecule has 1 atom stereocenters. The van der Waals surface area contributed by atoms with Crippen molar-refractivity contribution in [1.29, 1.82) is 0 Å². The summed E-state index contributed by atoms with van der Waals surface area (Å²) in [4.78, 5) is 4.97. The number of nitrogens with zero attached hydrogens (tertiary/aromatic N) is 2. The van der Waals surface area contributed by atoms with Crippen molar-refractivity contribution in [3.63, 3.8) is 0 Å². The Morgan fingerprint density at radius 3 is 1.85 bits per heavy atom. The molecule has 0 aromatic heterocycles. The van der Waals surface area contributed by atoms with Crippen molar-refractivity contribution in [2.75, 3.05) is 9.80 Å². The minimum absolute atomic E-state index is 0.0679. The number of hydrogen-bond acceptors (Lipinski definition) is 2. The molecule has 0 spiro atoms. The molecular weight excluding hydrogens is 581 g/mol. The van der Waals surface area contributed by atoms with Crippen molar-refractivity contribution in [2.45, 2.75) is 50.9 Å². The van der Waals surface area contributed by atoms with E-state index >= 15 is 0 Å². The van der Waals surface area contributed by atoms with E-state index in [9.17, 15) is 0 Å². The largest absolute Gasteiger partial charge is 0.310 e. The third-order valence-corrected chi connectivity index (χ3v) is 11.2. The second-order valence-corrected chi connectivity index (χ2v) is 14.6. The summed E-state index contributed by atoms with van der Waals surface area (Å²) in [5.41, 5.74) is 14.5. The van der Waals surface area contributed by atoms with Crippen LogP contribution in [0.4, 0.5) is 28.4 Å². The summed E-state index contributed by atoms with van der Waals surface area (Å²) >= 11 is 0. The fourth-order valence-corrected chi connectivity index (χ4v) is 8.77. The highest BCUT2D eigenvalue weighted by Crippen LogP contribution is 2.59. The second-order valence-electron chi connectivity index (χ2n) is 14.6. The van der Waals surface area contributed by atoms with Crippen molar-refractivity contribution in [1.82, 2.24) is 0 Å². The summed E-state index contributed by atoms with van der Waals surface area (Å²) in [5, 5.41) is 2.58. The lowest BCUT2D eigenvalue weighted by Crippen LogP contribution is -2.41. The summed E-state index contributed by atoms with van der Waals surface area (Å²) in [6.45, 7) is 9.65. The molecule has 2 heterocycles. The third-order valence-electron chi connectivity index (χ3n) is 11.2. The van der Waals surface area contributed by atoms with Crippen LogP contribution in [0.5, 0.6) is 0 Å². The second kappa shape index (κ2) is 10.6. The van der Waals surface area contributed by atoms with Crippen LogP contribution in [0.3, 0.4) is 0 Å². The lowest BCUT2D eigenvalue weighted by atomic mass is 9.64. The number of benzene rings is 6. The predicted molar refractivity (Wildman–Crippen MR) is 202 cm³/mol. The zero-order valence-electron chi connectivity index (χ0n) is 28.1. The zero-order chi connectivity index (χ0) is 32.6. The van der Waals surface area contributed by atoms with Gasteiger partial charge in [0.2, 0.25) is 0 Å². The Labute approximate surface area is 284 Å². The lowest BCUT2D eigenvalue weighted by molar-refractivity contribution is 0.543. The average Bonchev–Trinajstić information content (AvgIpc) is 3.12. The molecule has 6 aromatic rings. The Morgan fingerprint density at radius 1 is 0.562 bits per heavy atom. The highest BCUT2D eigenvalue weighted by Gasteiger charge is 2.46. The van der Waals surface area contributed by atoms with Gasteiger partial charge in [0.25, 0.3) is 0 Å². The molecule has 3 aliphatic rings. The van der Waals surface area contributed by atoms with E-state index in [2.05, 4.69) is 189 Å². The number of rotatable bonds is 4. The Bertz CT molecular complexity index is 2230. The highest BCUT2D eigenvalue weighted by molar-refractivity contribution is 6.01. The number of anilines is 5. The van der Waals surface area contributed by atoms with Gasteiger partial charge in [-0.1, -0.05) is 137 Å². The van der Waals surface area contributed by atoms with Crippen molar-refractivity contribution >= 4 is 39.2 Å². The van der Waals surface area contributed by atoms with E-state index in [0.29, 0.717) is 0 Å². The van der Waals surface area contributed by atoms with E-state index in [1.54, 1.807) is 0 Å². The van der Waals surface area contributed by atoms with Gasteiger partial charge in [0.1, 0.15) is 0 Å². The highest BCUT2D eigenvalue weighted by atomic mass is 15.2. The van der Waals surface area contributed by atoms with Crippen LogP contribution in [0.1, 0.15) is 62.3 Å². The van der Waals surface area contributed by atoms with Gasteiger partial charge in [-0.2, -0.15) is 0 Å². The normalized spacial score (nSPS) is 18.2. The molecule has 2 nitrogen and oxygen atoms in total. The number of fused-ring (bicyclic) bond motifs is 4. The van der Waals surface area contributed by atoms with Crippen LogP contribution in [0, 0.1) is 0 Å². The first-order valence-electron chi connectivity index (χ1n) is 17.2. The summed E-state index contributed by atoms with van der Waals surface area (Å²) in [7, 11) is 0. The molecule has 0 saturated heterocycles. The van der Waals surface area contributed by atoms with Gasteiger partial charge in [0.05, 0.1) is 17.1 Å². The summed E-state index contributed by atoms with van der Waals surface area (Å²) in [6.07, 6.45) is 5.89. The van der Waals surface area contributed by atoms with Crippen LogP contribution >= 0.6 is 0 Å². The topological polar surface area (TPSA) is 6.48 Å². The summed E-state index contributed by atoms with van der Waals surface area (Å²) < 4.78 is 0. The molecule has 0 bridgehead atoms. The van der Waals surface area contributed by atoms with E-state index in [0.717, 1.165) is 17.8 Å². The number of para-hydroxylation sites is 4. The van der Waals surface area contributed by atoms with Gasteiger partial charge in [-0.05, 0) is 82.1 Å². The predicted octanol–water partition coefficient (Wildman–Crippen LogP) is 12.4. The molecule has 1 unspecified atom stereocenters. The van der Waals surface area contributed by atoms with Crippen molar-refractivity contribution < 1.29 is 0 Å². The van der Waals surface area contributed by atoms with Crippen molar-refractivity contribution in [3.05, 3.63) is 185 Å². The van der Waals surface area contributed by atoms with Gasteiger partial charge >= 0.3 is 0 Å². The number of hydrogen-bond donors (Lipinski definition) is 0. The monoisotopic (exact) mass is 620 g/mol. The minimum atomic E-state index is -0.101. The molecule has 6 aromatic carbocycles. The first-order valence-corrected chi connectivity index (χ1v) is 17.2. The van der Waals surface area contributed by atoms with Gasteiger partial charge in [-0.25, -0.2) is 0 Å². The fraction of sp³-hybridized carbons (Fsp3) is 0.174. The molecule has 2 heteroatoms. The first-order chi connectivity index (χ1) is 23.4. The maximum atomic E-state index is 2.58. The Hall–Kier alpha value is -5.34. The van der Waals surface area contributed by atoms with E-state index < -0.39 is 0 Å². The molecule has 0 N–H and O–H groups in total. The number of allylic oxidation sites excluding steroid dienone is 3. The summed E-state index contributed by atoms with van der Waals surface area (Å²) in [6, 6.07) is 51.2. The van der Waals surface area contributed by atoms with Crippen LogP contribution in [-0.4, -0.2) is 0 Å². The first kappa shape index (κ1) is 28.8. The lowest BCUT2D eigenvalue weighted by Gasteiger charge is -2.51. The molecule has 48 heavy (non-hydrogen) atoms. The third kappa shape index (κ3) is 4.12. The summed E-state index contributed by atoms with van der Waals surface area (Å²) in [5.74, 6) is 0.269. The average molecular weight is 621 g/mol. The molecular formula is C46H40N2. The Balaban J connectivity index is 1.18. The van der Waals surface area contributed by atoms with Crippen LogP contribution in [-0.2, 0) is 10.8 Å². The van der Waals surface area contributed by atoms with E-state index in [4.69, 9.17) is 0 Å². The smallest absolute Gasteiger partial charge is 0.0543 e. The fourth-order valence-electron chi connectivity index (χ4n) is 8.77.